The third-order valence-corrected chi connectivity index (χ3v) is 4.18. The molecule has 1 aromatic heterocycles. The van der Waals surface area contributed by atoms with E-state index in [0.29, 0.717) is 18.7 Å². The second kappa shape index (κ2) is 8.56. The van der Waals surface area contributed by atoms with Crippen LogP contribution in [-0.2, 0) is 20.8 Å². The molecule has 24 heavy (non-hydrogen) atoms. The zero-order chi connectivity index (χ0) is 17.5. The van der Waals surface area contributed by atoms with Gasteiger partial charge in [-0.25, -0.2) is 9.78 Å². The van der Waals surface area contributed by atoms with Crippen molar-refractivity contribution in [3.8, 4) is 10.6 Å². The van der Waals surface area contributed by atoms with Crippen molar-refractivity contribution in [2.45, 2.75) is 13.5 Å². The van der Waals surface area contributed by atoms with E-state index in [1.165, 1.54) is 18.4 Å². The molecule has 2 aromatic rings. The molecule has 0 saturated heterocycles. The van der Waals surface area contributed by atoms with Crippen LogP contribution in [0, 0.1) is 0 Å². The molecule has 0 aliphatic carbocycles. The lowest BCUT2D eigenvalue weighted by Gasteiger charge is -2.13. The molecule has 7 heteroatoms. The number of rotatable bonds is 7. The standard InChI is InChI=1S/C17H20N2O4S/c1-4-23-15(20)10-19(2)9-14-11-24-16(18-14)12-5-7-13(8-6-12)17(21)22-3/h5-8,11H,4,9-10H2,1-3H3. The smallest absolute Gasteiger partial charge is 0.337 e. The number of carbonyl (C=O) groups is 2. The van der Waals surface area contributed by atoms with Crippen LogP contribution in [0.5, 0.6) is 0 Å². The molecular weight excluding hydrogens is 328 g/mol. The topological polar surface area (TPSA) is 68.7 Å². The van der Waals surface area contributed by atoms with Crippen molar-refractivity contribution >= 4 is 23.3 Å². The minimum Gasteiger partial charge on any atom is -0.465 e. The van der Waals surface area contributed by atoms with E-state index in [1.54, 1.807) is 19.1 Å². The average molecular weight is 348 g/mol. The molecule has 0 aliphatic rings. The maximum absolute atomic E-state index is 11.5. The highest BCUT2D eigenvalue weighted by Gasteiger charge is 2.11. The van der Waals surface area contributed by atoms with E-state index in [-0.39, 0.29) is 18.5 Å². The lowest BCUT2D eigenvalue weighted by molar-refractivity contribution is -0.144. The van der Waals surface area contributed by atoms with Gasteiger partial charge in [-0.2, -0.15) is 0 Å². The van der Waals surface area contributed by atoms with E-state index >= 15 is 0 Å². The highest BCUT2D eigenvalue weighted by molar-refractivity contribution is 7.13. The number of nitrogens with zero attached hydrogens (tertiary/aromatic N) is 2. The van der Waals surface area contributed by atoms with Crippen LogP contribution in [0.1, 0.15) is 23.0 Å². The molecule has 2 rings (SSSR count). The predicted molar refractivity (Wildman–Crippen MR) is 91.9 cm³/mol. The molecule has 0 bridgehead atoms. The summed E-state index contributed by atoms with van der Waals surface area (Å²) in [6.45, 7) is 2.97. The third kappa shape index (κ3) is 4.87. The van der Waals surface area contributed by atoms with Crippen LogP contribution in [0.2, 0.25) is 0 Å². The summed E-state index contributed by atoms with van der Waals surface area (Å²) in [7, 11) is 3.21. The lowest BCUT2D eigenvalue weighted by atomic mass is 10.1. The van der Waals surface area contributed by atoms with Crippen LogP contribution in [0.3, 0.4) is 0 Å². The van der Waals surface area contributed by atoms with Crippen molar-refractivity contribution in [1.29, 1.82) is 0 Å². The van der Waals surface area contributed by atoms with Gasteiger partial charge in [-0.15, -0.1) is 11.3 Å². The van der Waals surface area contributed by atoms with Crippen molar-refractivity contribution < 1.29 is 19.1 Å². The number of hydrogen-bond donors (Lipinski definition) is 0. The van der Waals surface area contributed by atoms with Gasteiger partial charge in [0.1, 0.15) is 5.01 Å². The van der Waals surface area contributed by atoms with Gasteiger partial charge in [0.2, 0.25) is 0 Å². The van der Waals surface area contributed by atoms with E-state index in [9.17, 15) is 9.59 Å². The minimum absolute atomic E-state index is 0.231. The molecule has 0 unspecified atom stereocenters. The van der Waals surface area contributed by atoms with Crippen molar-refractivity contribution in [3.05, 3.63) is 40.9 Å². The summed E-state index contributed by atoms with van der Waals surface area (Å²) in [5.74, 6) is -0.601. The third-order valence-electron chi connectivity index (χ3n) is 3.24. The number of esters is 2. The van der Waals surface area contributed by atoms with Crippen LogP contribution in [0.4, 0.5) is 0 Å². The first-order chi connectivity index (χ1) is 11.5. The van der Waals surface area contributed by atoms with E-state index in [0.717, 1.165) is 16.3 Å². The summed E-state index contributed by atoms with van der Waals surface area (Å²) in [6, 6.07) is 7.12. The molecule has 0 atom stereocenters. The molecule has 1 heterocycles. The number of aromatic nitrogens is 1. The van der Waals surface area contributed by atoms with E-state index in [1.807, 2.05) is 29.5 Å². The largest absolute Gasteiger partial charge is 0.465 e. The Morgan fingerprint density at radius 3 is 2.58 bits per heavy atom. The Morgan fingerprint density at radius 1 is 1.25 bits per heavy atom. The summed E-state index contributed by atoms with van der Waals surface area (Å²) in [4.78, 5) is 29.3. The molecule has 0 N–H and O–H groups in total. The number of thiazole rings is 1. The Bertz CT molecular complexity index is 697. The zero-order valence-corrected chi connectivity index (χ0v) is 14.8. The molecule has 1 aromatic carbocycles. The van der Waals surface area contributed by atoms with Gasteiger partial charge in [-0.3, -0.25) is 9.69 Å². The first-order valence-corrected chi connectivity index (χ1v) is 8.38. The van der Waals surface area contributed by atoms with Gasteiger partial charge in [0, 0.05) is 17.5 Å². The molecular formula is C17H20N2O4S. The quantitative estimate of drug-likeness (QED) is 0.717. The average Bonchev–Trinajstić information content (AvgIpc) is 3.02. The summed E-state index contributed by atoms with van der Waals surface area (Å²) in [6.07, 6.45) is 0. The van der Waals surface area contributed by atoms with Crippen LogP contribution in [0.25, 0.3) is 10.6 Å². The van der Waals surface area contributed by atoms with Gasteiger partial charge in [0.15, 0.2) is 0 Å². The number of benzene rings is 1. The fourth-order valence-electron chi connectivity index (χ4n) is 2.14. The highest BCUT2D eigenvalue weighted by atomic mass is 32.1. The normalized spacial score (nSPS) is 10.7. The van der Waals surface area contributed by atoms with E-state index < -0.39 is 0 Å². The lowest BCUT2D eigenvalue weighted by Crippen LogP contribution is -2.27. The Morgan fingerprint density at radius 2 is 1.96 bits per heavy atom. The Labute approximate surface area is 145 Å². The van der Waals surface area contributed by atoms with Crippen molar-refractivity contribution in [1.82, 2.24) is 9.88 Å². The highest BCUT2D eigenvalue weighted by Crippen LogP contribution is 2.24. The Balaban J connectivity index is 2.00. The second-order valence-electron chi connectivity index (χ2n) is 5.19. The van der Waals surface area contributed by atoms with E-state index in [4.69, 9.17) is 4.74 Å². The Hall–Kier alpha value is -2.25. The van der Waals surface area contributed by atoms with Crippen LogP contribution < -0.4 is 0 Å². The van der Waals surface area contributed by atoms with Crippen LogP contribution in [-0.4, -0.2) is 49.1 Å². The summed E-state index contributed by atoms with van der Waals surface area (Å²) in [5, 5.41) is 2.83. The molecule has 0 amide bonds. The maximum atomic E-state index is 11.5. The molecule has 128 valence electrons. The second-order valence-corrected chi connectivity index (χ2v) is 6.05. The van der Waals surface area contributed by atoms with Gasteiger partial charge in [-0.05, 0) is 26.1 Å². The SMILES string of the molecule is CCOC(=O)CN(C)Cc1csc(-c2ccc(C(=O)OC)cc2)n1. The molecule has 6 nitrogen and oxygen atoms in total. The fraction of sp³-hybridized carbons (Fsp3) is 0.353. The van der Waals surface area contributed by atoms with Gasteiger partial charge < -0.3 is 9.47 Å². The number of methoxy groups -OCH3 is 1. The van der Waals surface area contributed by atoms with Crippen molar-refractivity contribution in [3.63, 3.8) is 0 Å². The van der Waals surface area contributed by atoms with E-state index in [2.05, 4.69) is 9.72 Å². The van der Waals surface area contributed by atoms with Gasteiger partial charge in [0.25, 0.3) is 0 Å². The first kappa shape index (κ1) is 18.1. The molecule has 0 radical (unpaired) electrons. The minimum atomic E-state index is -0.359. The maximum Gasteiger partial charge on any atom is 0.337 e. The van der Waals surface area contributed by atoms with Gasteiger partial charge in [-0.1, -0.05) is 12.1 Å². The van der Waals surface area contributed by atoms with Crippen molar-refractivity contribution in [2.75, 3.05) is 27.3 Å². The monoisotopic (exact) mass is 348 g/mol. The van der Waals surface area contributed by atoms with Crippen LogP contribution in [0.15, 0.2) is 29.6 Å². The van der Waals surface area contributed by atoms with Crippen molar-refractivity contribution in [2.24, 2.45) is 0 Å². The Kier molecular flexibility index (Phi) is 6.45. The molecule has 0 fully saturated rings. The molecule has 0 aliphatic heterocycles. The number of likely N-dealkylation sites (N-methyl/N-ethyl adjacent to an activating group) is 1. The van der Waals surface area contributed by atoms with Gasteiger partial charge in [0.05, 0.1) is 31.5 Å². The molecule has 0 spiro atoms. The number of hydrogen-bond acceptors (Lipinski definition) is 7. The fourth-order valence-corrected chi connectivity index (χ4v) is 2.96. The zero-order valence-electron chi connectivity index (χ0n) is 13.9. The number of carbonyl (C=O) groups excluding carboxylic acids is 2. The number of ether oxygens (including phenoxy) is 2. The summed E-state index contributed by atoms with van der Waals surface area (Å²) < 4.78 is 9.61. The molecule has 0 saturated carbocycles. The van der Waals surface area contributed by atoms with Crippen LogP contribution >= 0.6 is 11.3 Å². The predicted octanol–water partition coefficient (Wildman–Crippen LogP) is 2.59. The summed E-state index contributed by atoms with van der Waals surface area (Å²) in [5.41, 5.74) is 2.33. The van der Waals surface area contributed by atoms with Gasteiger partial charge >= 0.3 is 11.9 Å². The summed E-state index contributed by atoms with van der Waals surface area (Å²) >= 11 is 1.52. The first-order valence-electron chi connectivity index (χ1n) is 7.50.